The summed E-state index contributed by atoms with van der Waals surface area (Å²) in [5.74, 6) is 5.29. The van der Waals surface area contributed by atoms with Gasteiger partial charge in [-0.3, -0.25) is 0 Å². The summed E-state index contributed by atoms with van der Waals surface area (Å²) in [5, 5.41) is 2.36. The lowest BCUT2D eigenvalue weighted by Crippen LogP contribution is -2.55. The molecule has 4 bridgehead atoms. The van der Waals surface area contributed by atoms with Gasteiger partial charge in [-0.05, 0) is 140 Å². The second kappa shape index (κ2) is 11.3. The second-order valence-electron chi connectivity index (χ2n) is 18.3. The van der Waals surface area contributed by atoms with Crippen molar-refractivity contribution in [2.75, 3.05) is 0 Å². The van der Waals surface area contributed by atoms with Crippen LogP contribution in [-0.4, -0.2) is 0 Å². The van der Waals surface area contributed by atoms with Gasteiger partial charge in [-0.1, -0.05) is 158 Å². The lowest BCUT2D eigenvalue weighted by atomic mass is 9.43. The number of para-hydroxylation sites is 1. The van der Waals surface area contributed by atoms with Crippen LogP contribution in [0.2, 0.25) is 0 Å². The third kappa shape index (κ3) is 3.80. The average Bonchev–Trinajstić information content (AvgIpc) is 3.74. The Hall–Kier alpha value is -6.18. The third-order valence-corrected chi connectivity index (χ3v) is 15.9. The van der Waals surface area contributed by atoms with Gasteiger partial charge in [0.15, 0.2) is 0 Å². The molecule has 276 valence electrons. The van der Waals surface area contributed by atoms with E-state index in [1.165, 1.54) is 104 Å². The molecule has 0 aromatic heterocycles. The van der Waals surface area contributed by atoms with Gasteiger partial charge in [-0.25, -0.2) is 0 Å². The summed E-state index contributed by atoms with van der Waals surface area (Å²) in [6.45, 7) is 0. The lowest BCUT2D eigenvalue weighted by Gasteiger charge is -2.61. The van der Waals surface area contributed by atoms with Crippen LogP contribution in [0.1, 0.15) is 65.5 Å². The smallest absolute Gasteiger partial charge is 0.140 e. The van der Waals surface area contributed by atoms with Crippen LogP contribution < -0.4 is 4.74 Å². The summed E-state index contributed by atoms with van der Waals surface area (Å²) < 4.78 is 7.03. The minimum absolute atomic E-state index is 0.172. The quantitative estimate of drug-likeness (QED) is 0.171. The zero-order valence-electron chi connectivity index (χ0n) is 32.4. The molecule has 0 atom stereocenters. The summed E-state index contributed by atoms with van der Waals surface area (Å²) in [4.78, 5) is 0. The van der Waals surface area contributed by atoms with Crippen LogP contribution >= 0.6 is 0 Å². The summed E-state index contributed by atoms with van der Waals surface area (Å²) in [6.07, 6.45) is 7.10. The number of hydrogen-bond acceptors (Lipinski definition) is 1. The van der Waals surface area contributed by atoms with Crippen molar-refractivity contribution in [3.05, 3.63) is 203 Å². The van der Waals surface area contributed by atoms with Crippen LogP contribution in [0.3, 0.4) is 0 Å². The van der Waals surface area contributed by atoms with Crippen molar-refractivity contribution < 1.29 is 4.74 Å². The highest BCUT2D eigenvalue weighted by Crippen LogP contribution is 2.70. The van der Waals surface area contributed by atoms with Gasteiger partial charge in [0.2, 0.25) is 0 Å². The first-order valence-electron chi connectivity index (χ1n) is 21.6. The Labute approximate surface area is 340 Å². The van der Waals surface area contributed by atoms with Crippen molar-refractivity contribution >= 4 is 10.8 Å². The molecule has 15 rings (SSSR count). The fraction of sp³-hybridized carbons (Fsp3) is 0.193. The number of rotatable bonds is 2. The Kier molecular flexibility index (Phi) is 6.19. The maximum absolute atomic E-state index is 7.03. The van der Waals surface area contributed by atoms with Gasteiger partial charge < -0.3 is 4.74 Å². The maximum Gasteiger partial charge on any atom is 0.140 e. The van der Waals surface area contributed by atoms with Gasteiger partial charge >= 0.3 is 0 Å². The highest BCUT2D eigenvalue weighted by Gasteiger charge is 2.61. The highest BCUT2D eigenvalue weighted by molar-refractivity contribution is 6.04. The molecule has 0 N–H and O–H groups in total. The first-order valence-corrected chi connectivity index (χ1v) is 21.6. The van der Waals surface area contributed by atoms with Crippen molar-refractivity contribution in [3.8, 4) is 56.0 Å². The summed E-state index contributed by atoms with van der Waals surface area (Å²) >= 11 is 0. The Balaban J connectivity index is 0.964. The van der Waals surface area contributed by atoms with Crippen LogP contribution in [0.15, 0.2) is 170 Å². The number of hydrogen-bond donors (Lipinski definition) is 0. The second-order valence-corrected chi connectivity index (χ2v) is 18.3. The molecule has 1 heterocycles. The van der Waals surface area contributed by atoms with Crippen molar-refractivity contribution in [2.45, 2.75) is 42.9 Å². The van der Waals surface area contributed by atoms with E-state index in [4.69, 9.17) is 4.74 Å². The van der Waals surface area contributed by atoms with Crippen LogP contribution in [0, 0.1) is 23.7 Å². The van der Waals surface area contributed by atoms with E-state index in [1.807, 2.05) is 0 Å². The van der Waals surface area contributed by atoms with Crippen molar-refractivity contribution in [1.29, 1.82) is 0 Å². The molecule has 58 heavy (non-hydrogen) atoms. The van der Waals surface area contributed by atoms with Gasteiger partial charge in [0, 0.05) is 21.9 Å². The summed E-state index contributed by atoms with van der Waals surface area (Å²) in [5.41, 5.74) is 18.7. The molecule has 8 aromatic carbocycles. The standard InChI is InChI=1S/C57H42O/c1-2-15-44-41(12-1)46(33-52-55(44)58-53-23-10-9-21-50(53)57(52)47-18-6-3-13-42(47)43-14-4-7-19-48(43)57)37-26-24-36(25-27-37)40-17-11-22-51-54(40)45-16-5-8-20-49(45)56(51)38-29-34-28-35(31-38)32-39(56)30-34/h1-27,33-35,38-39H,28-32H2. The first kappa shape index (κ1) is 31.9. The van der Waals surface area contributed by atoms with Crippen molar-refractivity contribution in [1.82, 2.24) is 0 Å². The topological polar surface area (TPSA) is 9.23 Å². The average molecular weight is 743 g/mol. The zero-order valence-corrected chi connectivity index (χ0v) is 32.4. The zero-order chi connectivity index (χ0) is 37.7. The van der Waals surface area contributed by atoms with E-state index in [0.717, 1.165) is 40.6 Å². The predicted octanol–water partition coefficient (Wildman–Crippen LogP) is 14.4. The number of ether oxygens (including phenoxy) is 1. The molecule has 7 aliphatic rings. The van der Waals surface area contributed by atoms with E-state index in [0.29, 0.717) is 0 Å². The SMILES string of the molecule is c1ccc2c(c1)Oc1c(cc(-c3ccc(-c4cccc5c4-c4ccccc4C54C5CC6CC(C5)CC4C6)cc3)c3ccccc13)C21c2ccccc2-c2ccccc21. The number of fused-ring (bicyclic) bond motifs is 14. The van der Waals surface area contributed by atoms with Crippen molar-refractivity contribution in [2.24, 2.45) is 23.7 Å². The van der Waals surface area contributed by atoms with Gasteiger partial charge in [-0.2, -0.15) is 0 Å². The molecule has 0 unspecified atom stereocenters. The predicted molar refractivity (Wildman–Crippen MR) is 235 cm³/mol. The summed E-state index contributed by atoms with van der Waals surface area (Å²) in [6, 6.07) is 64.4. The fourth-order valence-electron chi connectivity index (χ4n) is 14.2. The van der Waals surface area contributed by atoms with Gasteiger partial charge in [0.1, 0.15) is 11.5 Å². The molecule has 6 aliphatic carbocycles. The molecule has 2 spiro atoms. The fourth-order valence-corrected chi connectivity index (χ4v) is 14.2. The van der Waals surface area contributed by atoms with Crippen molar-refractivity contribution in [3.63, 3.8) is 0 Å². The van der Waals surface area contributed by atoms with Crippen LogP contribution in [0.4, 0.5) is 0 Å². The van der Waals surface area contributed by atoms with Crippen LogP contribution in [0.25, 0.3) is 55.3 Å². The molecule has 1 aliphatic heterocycles. The Morgan fingerprint density at radius 2 is 0.897 bits per heavy atom. The van der Waals surface area contributed by atoms with E-state index >= 15 is 0 Å². The van der Waals surface area contributed by atoms with Crippen LogP contribution in [-0.2, 0) is 10.8 Å². The minimum atomic E-state index is -0.512. The van der Waals surface area contributed by atoms with E-state index in [1.54, 1.807) is 11.1 Å². The molecule has 0 amide bonds. The largest absolute Gasteiger partial charge is 0.456 e. The molecule has 0 radical (unpaired) electrons. The molecule has 1 nitrogen and oxygen atoms in total. The normalized spacial score (nSPS) is 24.2. The molecular formula is C57H42O. The first-order chi connectivity index (χ1) is 28.7. The van der Waals surface area contributed by atoms with E-state index in [9.17, 15) is 0 Å². The monoisotopic (exact) mass is 742 g/mol. The molecule has 4 saturated carbocycles. The van der Waals surface area contributed by atoms with E-state index in [-0.39, 0.29) is 5.41 Å². The molecular weight excluding hydrogens is 701 g/mol. The van der Waals surface area contributed by atoms with E-state index < -0.39 is 5.41 Å². The molecule has 4 fully saturated rings. The molecule has 1 heteroatoms. The number of benzene rings is 8. The van der Waals surface area contributed by atoms with Gasteiger partial charge in [0.05, 0.1) is 5.41 Å². The summed E-state index contributed by atoms with van der Waals surface area (Å²) in [7, 11) is 0. The minimum Gasteiger partial charge on any atom is -0.456 e. The Morgan fingerprint density at radius 3 is 1.59 bits per heavy atom. The Bertz CT molecular complexity index is 2980. The molecule has 0 saturated heterocycles. The lowest BCUT2D eigenvalue weighted by molar-refractivity contribution is -0.0399. The van der Waals surface area contributed by atoms with Gasteiger partial charge in [0.25, 0.3) is 0 Å². The third-order valence-electron chi connectivity index (χ3n) is 15.9. The highest BCUT2D eigenvalue weighted by atomic mass is 16.5. The van der Waals surface area contributed by atoms with E-state index in [2.05, 4.69) is 170 Å². The molecule has 8 aromatic rings. The van der Waals surface area contributed by atoms with Gasteiger partial charge in [-0.15, -0.1) is 0 Å². The maximum atomic E-state index is 7.03. The van der Waals surface area contributed by atoms with Crippen LogP contribution in [0.5, 0.6) is 11.5 Å². The Morgan fingerprint density at radius 1 is 0.379 bits per heavy atom.